The smallest absolute Gasteiger partial charge is 0.119 e. The molecule has 1 aliphatic rings. The van der Waals surface area contributed by atoms with Gasteiger partial charge in [0.2, 0.25) is 0 Å². The van der Waals surface area contributed by atoms with Crippen LogP contribution in [0, 0.1) is 5.92 Å². The molecule has 0 amide bonds. The summed E-state index contributed by atoms with van der Waals surface area (Å²) in [6, 6.07) is 8.32. The zero-order valence-corrected chi connectivity index (χ0v) is 12.2. The molecule has 1 aromatic carbocycles. The zero-order valence-electron chi connectivity index (χ0n) is 12.2. The first-order chi connectivity index (χ1) is 9.28. The Labute approximate surface area is 116 Å². The Kier molecular flexibility index (Phi) is 5.67. The Morgan fingerprint density at radius 3 is 2.89 bits per heavy atom. The Morgan fingerprint density at radius 2 is 2.21 bits per heavy atom. The van der Waals surface area contributed by atoms with Crippen molar-refractivity contribution in [3.05, 3.63) is 29.8 Å². The summed E-state index contributed by atoms with van der Waals surface area (Å²) in [5.41, 5.74) is 1.27. The second-order valence-corrected chi connectivity index (χ2v) is 5.59. The van der Waals surface area contributed by atoms with Gasteiger partial charge in [0.25, 0.3) is 0 Å². The van der Waals surface area contributed by atoms with Crippen molar-refractivity contribution in [2.45, 2.75) is 25.8 Å². The first-order valence-electron chi connectivity index (χ1n) is 7.33. The molecule has 0 atom stereocenters. The van der Waals surface area contributed by atoms with Crippen LogP contribution in [-0.2, 0) is 6.54 Å². The molecule has 3 heteroatoms. The zero-order chi connectivity index (χ0) is 13.5. The van der Waals surface area contributed by atoms with E-state index in [9.17, 15) is 0 Å². The first kappa shape index (κ1) is 14.4. The van der Waals surface area contributed by atoms with Gasteiger partial charge in [0.1, 0.15) is 12.4 Å². The van der Waals surface area contributed by atoms with Gasteiger partial charge in [-0.2, -0.15) is 0 Å². The monoisotopic (exact) mass is 262 g/mol. The standard InChI is InChI=1S/C16H26N2O/c1-17-12-15-7-4-8-16(11-15)19-10-9-18(2)13-14-5-3-6-14/h4,7-8,11,14,17H,3,5-6,9-10,12-13H2,1-2H3. The quantitative estimate of drug-likeness (QED) is 0.779. The average Bonchev–Trinajstić information content (AvgIpc) is 2.35. The molecule has 3 nitrogen and oxygen atoms in total. The molecule has 0 spiro atoms. The van der Waals surface area contributed by atoms with Gasteiger partial charge in [0.15, 0.2) is 0 Å². The minimum atomic E-state index is 0.770. The number of benzene rings is 1. The van der Waals surface area contributed by atoms with E-state index in [2.05, 4.69) is 35.5 Å². The normalized spacial score (nSPS) is 15.5. The second-order valence-electron chi connectivity index (χ2n) is 5.59. The molecule has 0 bridgehead atoms. The van der Waals surface area contributed by atoms with Crippen LogP contribution in [0.5, 0.6) is 5.75 Å². The van der Waals surface area contributed by atoms with Crippen molar-refractivity contribution in [2.24, 2.45) is 5.92 Å². The fraction of sp³-hybridized carbons (Fsp3) is 0.625. The summed E-state index contributed by atoms with van der Waals surface area (Å²) in [6.45, 7) is 3.89. The topological polar surface area (TPSA) is 24.5 Å². The SMILES string of the molecule is CNCc1cccc(OCCN(C)CC2CCC2)c1. The molecule has 0 saturated heterocycles. The lowest BCUT2D eigenvalue weighted by Gasteiger charge is -2.30. The van der Waals surface area contributed by atoms with Crippen LogP contribution in [0.15, 0.2) is 24.3 Å². The Hall–Kier alpha value is -1.06. The van der Waals surface area contributed by atoms with Crippen molar-refractivity contribution >= 4 is 0 Å². The molecule has 0 unspecified atom stereocenters. The van der Waals surface area contributed by atoms with Gasteiger partial charge >= 0.3 is 0 Å². The van der Waals surface area contributed by atoms with Gasteiger partial charge in [-0.05, 0) is 50.6 Å². The number of rotatable bonds is 8. The predicted molar refractivity (Wildman–Crippen MR) is 79.5 cm³/mol. The Morgan fingerprint density at radius 1 is 1.37 bits per heavy atom. The molecule has 0 radical (unpaired) electrons. The number of ether oxygens (including phenoxy) is 1. The fourth-order valence-electron chi connectivity index (χ4n) is 2.48. The van der Waals surface area contributed by atoms with Crippen LogP contribution >= 0.6 is 0 Å². The summed E-state index contributed by atoms with van der Waals surface area (Å²) in [5, 5.41) is 3.16. The molecule has 2 rings (SSSR count). The van der Waals surface area contributed by atoms with Crippen molar-refractivity contribution in [1.29, 1.82) is 0 Å². The largest absolute Gasteiger partial charge is 0.492 e. The van der Waals surface area contributed by atoms with Crippen molar-refractivity contribution < 1.29 is 4.74 Å². The summed E-state index contributed by atoms with van der Waals surface area (Å²) in [6.07, 6.45) is 4.25. The van der Waals surface area contributed by atoms with Crippen molar-refractivity contribution in [3.63, 3.8) is 0 Å². The number of hydrogen-bond donors (Lipinski definition) is 1. The van der Waals surface area contributed by atoms with Crippen LogP contribution in [0.2, 0.25) is 0 Å². The highest BCUT2D eigenvalue weighted by molar-refractivity contribution is 5.28. The maximum absolute atomic E-state index is 5.83. The van der Waals surface area contributed by atoms with Crippen LogP contribution in [0.3, 0.4) is 0 Å². The van der Waals surface area contributed by atoms with Gasteiger partial charge in [-0.25, -0.2) is 0 Å². The van der Waals surface area contributed by atoms with E-state index >= 15 is 0 Å². The molecule has 1 aliphatic carbocycles. The molecule has 0 aliphatic heterocycles. The van der Waals surface area contributed by atoms with E-state index in [4.69, 9.17) is 4.74 Å². The van der Waals surface area contributed by atoms with Crippen molar-refractivity contribution in [3.8, 4) is 5.75 Å². The number of hydrogen-bond acceptors (Lipinski definition) is 3. The predicted octanol–water partition coefficient (Wildman–Crippen LogP) is 2.52. The third-order valence-corrected chi connectivity index (χ3v) is 3.82. The van der Waals surface area contributed by atoms with Gasteiger partial charge in [0, 0.05) is 19.6 Å². The highest BCUT2D eigenvalue weighted by atomic mass is 16.5. The van der Waals surface area contributed by atoms with E-state index in [1.165, 1.54) is 31.4 Å². The lowest BCUT2D eigenvalue weighted by molar-refractivity contribution is 0.177. The number of nitrogens with one attached hydrogen (secondary N) is 1. The summed E-state index contributed by atoms with van der Waals surface area (Å²) >= 11 is 0. The molecule has 1 fully saturated rings. The Bertz CT molecular complexity index is 377. The third-order valence-electron chi connectivity index (χ3n) is 3.82. The Balaban J connectivity index is 1.67. The molecule has 106 valence electrons. The molecule has 19 heavy (non-hydrogen) atoms. The van der Waals surface area contributed by atoms with Gasteiger partial charge in [-0.3, -0.25) is 0 Å². The lowest BCUT2D eigenvalue weighted by atomic mass is 9.85. The first-order valence-corrected chi connectivity index (χ1v) is 7.33. The van der Waals surface area contributed by atoms with Crippen LogP contribution in [0.4, 0.5) is 0 Å². The second kappa shape index (κ2) is 7.51. The summed E-state index contributed by atoms with van der Waals surface area (Å²) in [7, 11) is 4.15. The molecular weight excluding hydrogens is 236 g/mol. The van der Waals surface area contributed by atoms with Gasteiger partial charge in [-0.15, -0.1) is 0 Å². The summed E-state index contributed by atoms with van der Waals surface area (Å²) in [5.74, 6) is 1.91. The van der Waals surface area contributed by atoms with Crippen LogP contribution in [-0.4, -0.2) is 38.7 Å². The lowest BCUT2D eigenvalue weighted by Crippen LogP contribution is -2.32. The molecule has 1 N–H and O–H groups in total. The minimum absolute atomic E-state index is 0.770. The van der Waals surface area contributed by atoms with E-state index in [0.29, 0.717) is 0 Å². The molecule has 0 heterocycles. The van der Waals surface area contributed by atoms with Gasteiger partial charge in [-0.1, -0.05) is 18.6 Å². The van der Waals surface area contributed by atoms with Crippen molar-refractivity contribution in [2.75, 3.05) is 33.8 Å². The van der Waals surface area contributed by atoms with E-state index in [1.807, 2.05) is 13.1 Å². The third kappa shape index (κ3) is 4.84. The number of nitrogens with zero attached hydrogens (tertiary/aromatic N) is 1. The molecule has 1 aromatic rings. The highest BCUT2D eigenvalue weighted by Gasteiger charge is 2.18. The molecule has 1 saturated carbocycles. The molecular formula is C16H26N2O. The molecule has 0 aromatic heterocycles. The highest BCUT2D eigenvalue weighted by Crippen LogP contribution is 2.26. The van der Waals surface area contributed by atoms with E-state index in [1.54, 1.807) is 0 Å². The van der Waals surface area contributed by atoms with E-state index in [0.717, 1.165) is 31.4 Å². The fourth-order valence-corrected chi connectivity index (χ4v) is 2.48. The maximum atomic E-state index is 5.83. The maximum Gasteiger partial charge on any atom is 0.119 e. The van der Waals surface area contributed by atoms with Crippen LogP contribution < -0.4 is 10.1 Å². The minimum Gasteiger partial charge on any atom is -0.492 e. The van der Waals surface area contributed by atoms with Gasteiger partial charge < -0.3 is 15.0 Å². The van der Waals surface area contributed by atoms with Crippen molar-refractivity contribution in [1.82, 2.24) is 10.2 Å². The summed E-state index contributed by atoms with van der Waals surface area (Å²) < 4.78 is 5.83. The average molecular weight is 262 g/mol. The van der Waals surface area contributed by atoms with E-state index in [-0.39, 0.29) is 0 Å². The van der Waals surface area contributed by atoms with E-state index < -0.39 is 0 Å². The number of likely N-dealkylation sites (N-methyl/N-ethyl adjacent to an activating group) is 1. The van der Waals surface area contributed by atoms with Crippen LogP contribution in [0.25, 0.3) is 0 Å². The van der Waals surface area contributed by atoms with Crippen LogP contribution in [0.1, 0.15) is 24.8 Å². The van der Waals surface area contributed by atoms with Gasteiger partial charge in [0.05, 0.1) is 0 Å². The summed E-state index contributed by atoms with van der Waals surface area (Å²) in [4.78, 5) is 2.39.